The maximum Gasteiger partial charge on any atom is 0.152 e. The van der Waals surface area contributed by atoms with Gasteiger partial charge in [-0.25, -0.2) is 4.98 Å². The van der Waals surface area contributed by atoms with Gasteiger partial charge in [-0.3, -0.25) is 4.68 Å². The molecule has 2 rings (SSSR count). The van der Waals surface area contributed by atoms with Crippen molar-refractivity contribution < 1.29 is 4.74 Å². The van der Waals surface area contributed by atoms with E-state index in [9.17, 15) is 0 Å². The van der Waals surface area contributed by atoms with Gasteiger partial charge < -0.3 is 4.74 Å². The van der Waals surface area contributed by atoms with Gasteiger partial charge >= 0.3 is 0 Å². The number of ether oxygens (including phenoxy) is 1. The minimum Gasteiger partial charge on any atom is -0.490 e. The predicted molar refractivity (Wildman–Crippen MR) is 64.3 cm³/mol. The number of nitrogens with zero attached hydrogens (tertiary/aromatic N) is 3. The van der Waals surface area contributed by atoms with Crippen molar-refractivity contribution in [1.29, 1.82) is 0 Å². The summed E-state index contributed by atoms with van der Waals surface area (Å²) < 4.78 is 8.20. The molecule has 0 aliphatic heterocycles. The van der Waals surface area contributed by atoms with Gasteiger partial charge in [0.2, 0.25) is 0 Å². The minimum absolute atomic E-state index is 0.615. The fourth-order valence-corrected chi connectivity index (χ4v) is 1.76. The summed E-state index contributed by atoms with van der Waals surface area (Å²) in [6, 6.07) is 5.73. The highest BCUT2D eigenvalue weighted by molar-refractivity contribution is 9.10. The Hall–Kier alpha value is -1.36. The lowest BCUT2D eigenvalue weighted by Gasteiger charge is -2.07. The average molecular weight is 282 g/mol. The molecule has 5 heteroatoms. The van der Waals surface area contributed by atoms with Gasteiger partial charge in [-0.2, -0.15) is 5.10 Å². The van der Waals surface area contributed by atoms with Gasteiger partial charge in [0.25, 0.3) is 0 Å². The molecule has 2 heterocycles. The van der Waals surface area contributed by atoms with Gasteiger partial charge in [-0.05, 0) is 34.1 Å². The van der Waals surface area contributed by atoms with Gasteiger partial charge in [0.1, 0.15) is 4.60 Å². The SMILES string of the molecule is Cn1nccc1CCOc1cccnc1Br. The maximum atomic E-state index is 5.61. The van der Waals surface area contributed by atoms with Crippen molar-refractivity contribution in [3.8, 4) is 5.75 Å². The second-order valence-corrected chi connectivity index (χ2v) is 4.09. The van der Waals surface area contributed by atoms with E-state index in [2.05, 4.69) is 26.0 Å². The van der Waals surface area contributed by atoms with E-state index in [4.69, 9.17) is 4.74 Å². The Morgan fingerprint density at radius 3 is 2.94 bits per heavy atom. The lowest BCUT2D eigenvalue weighted by Crippen LogP contribution is -2.06. The molecule has 0 radical (unpaired) electrons. The van der Waals surface area contributed by atoms with Gasteiger partial charge in [-0.15, -0.1) is 0 Å². The van der Waals surface area contributed by atoms with Gasteiger partial charge in [0.15, 0.2) is 5.75 Å². The third-order valence-electron chi connectivity index (χ3n) is 2.26. The fourth-order valence-electron chi connectivity index (χ4n) is 1.39. The Bertz CT molecular complexity index is 470. The highest BCUT2D eigenvalue weighted by atomic mass is 79.9. The molecule has 84 valence electrons. The molecule has 0 aromatic carbocycles. The van der Waals surface area contributed by atoms with E-state index >= 15 is 0 Å². The standard InChI is InChI=1S/C11H12BrN3O/c1-15-9(4-7-14-15)5-8-16-10-3-2-6-13-11(10)12/h2-4,6-7H,5,8H2,1H3. The second kappa shape index (κ2) is 5.12. The summed E-state index contributed by atoms with van der Waals surface area (Å²) in [5.74, 6) is 0.768. The fraction of sp³-hybridized carbons (Fsp3) is 0.273. The van der Waals surface area contributed by atoms with Crippen LogP contribution in [0.5, 0.6) is 5.75 Å². The van der Waals surface area contributed by atoms with Crippen LogP contribution < -0.4 is 4.74 Å². The zero-order chi connectivity index (χ0) is 11.4. The molecular formula is C11H12BrN3O. The van der Waals surface area contributed by atoms with Crippen molar-refractivity contribution in [3.63, 3.8) is 0 Å². The largest absolute Gasteiger partial charge is 0.490 e. The van der Waals surface area contributed by atoms with Crippen molar-refractivity contribution in [2.45, 2.75) is 6.42 Å². The van der Waals surface area contributed by atoms with Crippen LogP contribution in [0.25, 0.3) is 0 Å². The molecule has 0 spiro atoms. The molecule has 0 N–H and O–H groups in total. The van der Waals surface area contributed by atoms with E-state index in [1.165, 1.54) is 0 Å². The van der Waals surface area contributed by atoms with Crippen LogP contribution in [-0.2, 0) is 13.5 Å². The number of hydrogen-bond donors (Lipinski definition) is 0. The molecule has 0 amide bonds. The Balaban J connectivity index is 1.89. The van der Waals surface area contributed by atoms with Crippen molar-refractivity contribution >= 4 is 15.9 Å². The lowest BCUT2D eigenvalue weighted by molar-refractivity contribution is 0.315. The predicted octanol–water partition coefficient (Wildman–Crippen LogP) is 2.20. The molecule has 0 saturated heterocycles. The van der Waals surface area contributed by atoms with Crippen molar-refractivity contribution in [3.05, 3.63) is 40.9 Å². The van der Waals surface area contributed by atoms with Gasteiger partial charge in [0.05, 0.1) is 6.61 Å². The number of halogens is 1. The molecule has 0 aliphatic carbocycles. The lowest BCUT2D eigenvalue weighted by atomic mass is 10.3. The molecule has 0 bridgehead atoms. The van der Waals surface area contributed by atoms with E-state index < -0.39 is 0 Å². The molecule has 0 saturated carbocycles. The number of aromatic nitrogens is 3. The summed E-state index contributed by atoms with van der Waals surface area (Å²) in [5.41, 5.74) is 1.15. The number of hydrogen-bond acceptors (Lipinski definition) is 3. The first kappa shape index (κ1) is 11.1. The molecule has 2 aromatic heterocycles. The molecule has 2 aromatic rings. The van der Waals surface area contributed by atoms with Crippen LogP contribution in [0.3, 0.4) is 0 Å². The van der Waals surface area contributed by atoms with E-state index in [-0.39, 0.29) is 0 Å². The van der Waals surface area contributed by atoms with Crippen LogP contribution in [-0.4, -0.2) is 21.4 Å². The summed E-state index contributed by atoms with van der Waals surface area (Å²) in [6.45, 7) is 0.615. The molecule has 16 heavy (non-hydrogen) atoms. The zero-order valence-electron chi connectivity index (χ0n) is 8.93. The van der Waals surface area contributed by atoms with Crippen LogP contribution in [0.2, 0.25) is 0 Å². The van der Waals surface area contributed by atoms with Crippen LogP contribution in [0.1, 0.15) is 5.69 Å². The van der Waals surface area contributed by atoms with Gasteiger partial charge in [-0.1, -0.05) is 0 Å². The molecule has 0 aliphatic rings. The molecule has 4 nitrogen and oxygen atoms in total. The molecule has 0 atom stereocenters. The van der Waals surface area contributed by atoms with E-state index in [0.29, 0.717) is 6.61 Å². The first-order valence-electron chi connectivity index (χ1n) is 4.97. The van der Waals surface area contributed by atoms with Crippen molar-refractivity contribution in [2.75, 3.05) is 6.61 Å². The van der Waals surface area contributed by atoms with E-state index in [1.807, 2.05) is 29.9 Å². The average Bonchev–Trinajstić information content (AvgIpc) is 2.67. The first-order valence-corrected chi connectivity index (χ1v) is 5.77. The van der Waals surface area contributed by atoms with Crippen LogP contribution >= 0.6 is 15.9 Å². The highest BCUT2D eigenvalue weighted by Crippen LogP contribution is 2.20. The number of rotatable bonds is 4. The van der Waals surface area contributed by atoms with Crippen molar-refractivity contribution in [1.82, 2.24) is 14.8 Å². The number of pyridine rings is 1. The Morgan fingerprint density at radius 2 is 2.25 bits per heavy atom. The summed E-state index contributed by atoms with van der Waals surface area (Å²) in [6.07, 6.45) is 4.34. The smallest absolute Gasteiger partial charge is 0.152 e. The minimum atomic E-state index is 0.615. The molecular weight excluding hydrogens is 270 g/mol. The summed E-state index contributed by atoms with van der Waals surface area (Å²) >= 11 is 3.34. The second-order valence-electron chi connectivity index (χ2n) is 3.34. The summed E-state index contributed by atoms with van der Waals surface area (Å²) in [5, 5.41) is 4.10. The highest BCUT2D eigenvalue weighted by Gasteiger charge is 2.02. The third kappa shape index (κ3) is 2.61. The Kier molecular flexibility index (Phi) is 3.56. The van der Waals surface area contributed by atoms with Crippen LogP contribution in [0.15, 0.2) is 35.2 Å². The van der Waals surface area contributed by atoms with Crippen molar-refractivity contribution in [2.24, 2.45) is 7.05 Å². The van der Waals surface area contributed by atoms with Crippen LogP contribution in [0.4, 0.5) is 0 Å². The normalized spacial score (nSPS) is 10.4. The van der Waals surface area contributed by atoms with Gasteiger partial charge in [0, 0.05) is 31.6 Å². The maximum absolute atomic E-state index is 5.61. The summed E-state index contributed by atoms with van der Waals surface area (Å²) in [4.78, 5) is 4.09. The van der Waals surface area contributed by atoms with E-state index in [1.54, 1.807) is 12.4 Å². The number of aryl methyl sites for hydroxylation is 1. The zero-order valence-corrected chi connectivity index (χ0v) is 10.5. The van der Waals surface area contributed by atoms with E-state index in [0.717, 1.165) is 22.5 Å². The van der Waals surface area contributed by atoms with Crippen LogP contribution in [0, 0.1) is 0 Å². The first-order chi connectivity index (χ1) is 7.77. The monoisotopic (exact) mass is 281 g/mol. The third-order valence-corrected chi connectivity index (χ3v) is 2.86. The molecule has 0 fully saturated rings. The Labute approximate surface area is 102 Å². The topological polar surface area (TPSA) is 39.9 Å². The quantitative estimate of drug-likeness (QED) is 0.807. The Morgan fingerprint density at radius 1 is 1.38 bits per heavy atom. The molecule has 0 unspecified atom stereocenters. The summed E-state index contributed by atoms with van der Waals surface area (Å²) in [7, 11) is 1.93.